The minimum absolute atomic E-state index is 0.172. The molecule has 0 bridgehead atoms. The van der Waals surface area contributed by atoms with Crippen LogP contribution in [-0.4, -0.2) is 20.3 Å². The van der Waals surface area contributed by atoms with E-state index in [0.29, 0.717) is 11.4 Å². The molecule has 0 fully saturated rings. The standard InChI is InChI=1S/C24H20N4OS/c1-14-6-11-19-20(13-14)30-24(27-19)17-7-9-18(10-8-17)26-23(29)21-16(3)25-22-15(2)5-4-12-28(21)22/h4-13H,1-3H3,(H,26,29). The molecule has 1 N–H and O–H groups in total. The fraction of sp³-hybridized carbons (Fsp3) is 0.125. The van der Waals surface area contributed by atoms with Crippen molar-refractivity contribution < 1.29 is 4.79 Å². The van der Waals surface area contributed by atoms with E-state index in [0.717, 1.165) is 33.0 Å². The van der Waals surface area contributed by atoms with Crippen LogP contribution in [0.25, 0.3) is 26.4 Å². The summed E-state index contributed by atoms with van der Waals surface area (Å²) in [4.78, 5) is 22.2. The fourth-order valence-electron chi connectivity index (χ4n) is 3.63. The summed E-state index contributed by atoms with van der Waals surface area (Å²) in [6.07, 6.45) is 1.87. The van der Waals surface area contributed by atoms with Gasteiger partial charge >= 0.3 is 0 Å². The van der Waals surface area contributed by atoms with Crippen molar-refractivity contribution in [3.8, 4) is 10.6 Å². The minimum Gasteiger partial charge on any atom is -0.321 e. The molecule has 30 heavy (non-hydrogen) atoms. The summed E-state index contributed by atoms with van der Waals surface area (Å²) < 4.78 is 3.03. The number of fused-ring (bicyclic) bond motifs is 2. The Morgan fingerprint density at radius 3 is 2.60 bits per heavy atom. The van der Waals surface area contributed by atoms with Crippen LogP contribution in [0.5, 0.6) is 0 Å². The summed E-state index contributed by atoms with van der Waals surface area (Å²) in [5.74, 6) is -0.172. The molecule has 0 aliphatic heterocycles. The van der Waals surface area contributed by atoms with Gasteiger partial charge in [-0.1, -0.05) is 12.1 Å². The molecule has 2 aromatic carbocycles. The molecule has 3 aromatic heterocycles. The fourth-order valence-corrected chi connectivity index (χ4v) is 4.70. The maximum atomic E-state index is 12.9. The average molecular weight is 413 g/mol. The Kier molecular flexibility index (Phi) is 4.37. The second-order valence-electron chi connectivity index (χ2n) is 7.45. The lowest BCUT2D eigenvalue weighted by Crippen LogP contribution is -2.15. The van der Waals surface area contributed by atoms with Crippen LogP contribution in [0.15, 0.2) is 60.8 Å². The van der Waals surface area contributed by atoms with E-state index in [9.17, 15) is 4.79 Å². The van der Waals surface area contributed by atoms with Gasteiger partial charge in [-0.3, -0.25) is 9.20 Å². The zero-order chi connectivity index (χ0) is 20.8. The Morgan fingerprint density at radius 1 is 1.00 bits per heavy atom. The summed E-state index contributed by atoms with van der Waals surface area (Å²) in [7, 11) is 0. The van der Waals surface area contributed by atoms with Crippen molar-refractivity contribution in [3.05, 3.63) is 83.3 Å². The van der Waals surface area contributed by atoms with E-state index in [1.807, 2.05) is 60.8 Å². The monoisotopic (exact) mass is 412 g/mol. The minimum atomic E-state index is -0.172. The molecule has 3 heterocycles. The largest absolute Gasteiger partial charge is 0.321 e. The zero-order valence-corrected chi connectivity index (χ0v) is 17.7. The summed E-state index contributed by atoms with van der Waals surface area (Å²) in [5, 5.41) is 3.97. The average Bonchev–Trinajstić information content (AvgIpc) is 3.29. The van der Waals surface area contributed by atoms with E-state index in [2.05, 4.69) is 35.4 Å². The number of aromatic nitrogens is 3. The Balaban J connectivity index is 1.41. The molecule has 0 spiro atoms. The van der Waals surface area contributed by atoms with Crippen LogP contribution in [0.4, 0.5) is 5.69 Å². The lowest BCUT2D eigenvalue weighted by molar-refractivity contribution is 0.102. The number of pyridine rings is 1. The van der Waals surface area contributed by atoms with Crippen molar-refractivity contribution in [2.75, 3.05) is 5.32 Å². The number of hydrogen-bond donors (Lipinski definition) is 1. The third kappa shape index (κ3) is 3.15. The first kappa shape index (κ1) is 18.5. The number of anilines is 1. The molecular formula is C24H20N4OS. The number of imidazole rings is 1. The highest BCUT2D eigenvalue weighted by atomic mass is 32.1. The Labute approximate surface area is 178 Å². The lowest BCUT2D eigenvalue weighted by atomic mass is 10.2. The van der Waals surface area contributed by atoms with Gasteiger partial charge in [0.1, 0.15) is 16.3 Å². The molecule has 5 aromatic rings. The van der Waals surface area contributed by atoms with Crippen LogP contribution >= 0.6 is 11.3 Å². The van der Waals surface area contributed by atoms with Crippen molar-refractivity contribution in [1.29, 1.82) is 0 Å². The maximum absolute atomic E-state index is 12.9. The van der Waals surface area contributed by atoms with E-state index in [1.54, 1.807) is 11.3 Å². The van der Waals surface area contributed by atoms with Crippen LogP contribution in [0, 0.1) is 20.8 Å². The number of aryl methyl sites for hydroxylation is 3. The van der Waals surface area contributed by atoms with Gasteiger partial charge in [0.2, 0.25) is 0 Å². The maximum Gasteiger partial charge on any atom is 0.274 e. The van der Waals surface area contributed by atoms with Crippen LogP contribution < -0.4 is 5.32 Å². The van der Waals surface area contributed by atoms with Gasteiger partial charge in [0.05, 0.1) is 15.9 Å². The van der Waals surface area contributed by atoms with Crippen molar-refractivity contribution in [2.45, 2.75) is 20.8 Å². The van der Waals surface area contributed by atoms with Gasteiger partial charge in [-0.25, -0.2) is 9.97 Å². The molecule has 1 amide bonds. The van der Waals surface area contributed by atoms with Gasteiger partial charge in [0.15, 0.2) is 0 Å². The predicted molar refractivity (Wildman–Crippen MR) is 122 cm³/mol. The van der Waals surface area contributed by atoms with Crippen molar-refractivity contribution in [2.24, 2.45) is 0 Å². The molecule has 0 saturated heterocycles. The van der Waals surface area contributed by atoms with E-state index in [1.165, 1.54) is 10.3 Å². The quantitative estimate of drug-likeness (QED) is 0.408. The second-order valence-corrected chi connectivity index (χ2v) is 8.48. The lowest BCUT2D eigenvalue weighted by Gasteiger charge is -2.07. The summed E-state index contributed by atoms with van der Waals surface area (Å²) in [5.41, 5.74) is 7.13. The Bertz CT molecular complexity index is 1410. The molecule has 0 aliphatic carbocycles. The summed E-state index contributed by atoms with van der Waals surface area (Å²) in [6.45, 7) is 5.94. The number of benzene rings is 2. The van der Waals surface area contributed by atoms with Crippen molar-refractivity contribution in [3.63, 3.8) is 0 Å². The number of carbonyl (C=O) groups excluding carboxylic acids is 1. The van der Waals surface area contributed by atoms with Crippen LogP contribution in [0.3, 0.4) is 0 Å². The van der Waals surface area contributed by atoms with E-state index in [-0.39, 0.29) is 5.91 Å². The number of nitrogens with zero attached hydrogens (tertiary/aromatic N) is 3. The van der Waals surface area contributed by atoms with Crippen molar-refractivity contribution >= 4 is 38.8 Å². The summed E-state index contributed by atoms with van der Waals surface area (Å²) in [6, 6.07) is 18.0. The molecular weight excluding hydrogens is 392 g/mol. The van der Waals surface area contributed by atoms with Gasteiger partial charge in [0, 0.05) is 17.4 Å². The number of nitrogens with one attached hydrogen (secondary N) is 1. The van der Waals surface area contributed by atoms with Gasteiger partial charge in [-0.05, 0) is 74.4 Å². The molecule has 0 unspecified atom stereocenters. The first-order chi connectivity index (χ1) is 14.5. The zero-order valence-electron chi connectivity index (χ0n) is 16.9. The molecule has 5 rings (SSSR count). The van der Waals surface area contributed by atoms with Crippen LogP contribution in [0.1, 0.15) is 27.3 Å². The highest BCUT2D eigenvalue weighted by Crippen LogP contribution is 2.31. The number of thiazole rings is 1. The number of hydrogen-bond acceptors (Lipinski definition) is 4. The first-order valence-corrected chi connectivity index (χ1v) is 10.5. The Morgan fingerprint density at radius 2 is 1.80 bits per heavy atom. The number of rotatable bonds is 3. The van der Waals surface area contributed by atoms with Crippen LogP contribution in [-0.2, 0) is 0 Å². The van der Waals surface area contributed by atoms with Gasteiger partial charge in [0.25, 0.3) is 5.91 Å². The Hall–Kier alpha value is -3.51. The van der Waals surface area contributed by atoms with Crippen molar-refractivity contribution in [1.82, 2.24) is 14.4 Å². The smallest absolute Gasteiger partial charge is 0.274 e. The number of carbonyl (C=O) groups is 1. The van der Waals surface area contributed by atoms with Gasteiger partial charge in [-0.2, -0.15) is 0 Å². The highest BCUT2D eigenvalue weighted by Gasteiger charge is 2.17. The first-order valence-electron chi connectivity index (χ1n) is 9.73. The third-order valence-corrected chi connectivity index (χ3v) is 6.24. The van der Waals surface area contributed by atoms with Gasteiger partial charge < -0.3 is 5.32 Å². The van der Waals surface area contributed by atoms with Gasteiger partial charge in [-0.15, -0.1) is 11.3 Å². The third-order valence-electron chi connectivity index (χ3n) is 5.17. The molecule has 0 atom stereocenters. The molecule has 5 nitrogen and oxygen atoms in total. The van der Waals surface area contributed by atoms with E-state index < -0.39 is 0 Å². The number of amides is 1. The normalized spacial score (nSPS) is 11.3. The molecule has 0 aliphatic rings. The summed E-state index contributed by atoms with van der Waals surface area (Å²) >= 11 is 1.68. The molecule has 6 heteroatoms. The topological polar surface area (TPSA) is 59.3 Å². The van der Waals surface area contributed by atoms with E-state index in [4.69, 9.17) is 4.98 Å². The molecule has 0 saturated carbocycles. The second kappa shape index (κ2) is 7.07. The molecule has 148 valence electrons. The predicted octanol–water partition coefficient (Wildman–Crippen LogP) is 5.79. The molecule has 0 radical (unpaired) electrons. The SMILES string of the molecule is Cc1ccc2nc(-c3ccc(NC(=O)c4c(C)nc5c(C)cccn45)cc3)sc2c1. The van der Waals surface area contributed by atoms with E-state index >= 15 is 0 Å². The highest BCUT2D eigenvalue weighted by molar-refractivity contribution is 7.21. The van der Waals surface area contributed by atoms with Crippen LogP contribution in [0.2, 0.25) is 0 Å².